The highest BCUT2D eigenvalue weighted by molar-refractivity contribution is 8.03. The van der Waals surface area contributed by atoms with E-state index in [2.05, 4.69) is 0 Å². The van der Waals surface area contributed by atoms with Gasteiger partial charge >= 0.3 is 6.18 Å². The first-order chi connectivity index (χ1) is 6.86. The molecule has 0 aromatic heterocycles. The highest BCUT2D eigenvalue weighted by Crippen LogP contribution is 2.39. The fourth-order valence-electron chi connectivity index (χ4n) is 0.974. The first-order valence-electron chi connectivity index (χ1n) is 3.58. The first-order valence-corrected chi connectivity index (χ1v) is 4.40. The predicted octanol–water partition coefficient (Wildman–Crippen LogP) is 3.00. The second kappa shape index (κ2) is 3.98. The van der Waals surface area contributed by atoms with Crippen LogP contribution in [-0.4, -0.2) is 0 Å². The van der Waals surface area contributed by atoms with Crippen molar-refractivity contribution < 1.29 is 17.6 Å². The van der Waals surface area contributed by atoms with E-state index < -0.39 is 22.5 Å². The third-order valence-corrected chi connectivity index (χ3v) is 2.23. The summed E-state index contributed by atoms with van der Waals surface area (Å²) in [5.74, 6) is -1.14. The zero-order valence-corrected chi connectivity index (χ0v) is 7.92. The molecule has 0 saturated carbocycles. The van der Waals surface area contributed by atoms with Gasteiger partial charge in [-0.1, -0.05) is 0 Å². The summed E-state index contributed by atoms with van der Waals surface area (Å²) in [6.45, 7) is 0. The number of thiocyanates is 1. The zero-order chi connectivity index (χ0) is 11.6. The Hall–Kier alpha value is -1.42. The van der Waals surface area contributed by atoms with Crippen molar-refractivity contribution in [2.24, 2.45) is 0 Å². The van der Waals surface area contributed by atoms with Crippen molar-refractivity contribution in [2.75, 3.05) is 5.73 Å². The molecule has 1 aromatic carbocycles. The molecule has 0 aliphatic heterocycles. The van der Waals surface area contributed by atoms with Crippen LogP contribution in [0.3, 0.4) is 0 Å². The summed E-state index contributed by atoms with van der Waals surface area (Å²) in [5.41, 5.74) is 3.53. The lowest BCUT2D eigenvalue weighted by Gasteiger charge is -2.11. The number of halogens is 4. The molecule has 0 radical (unpaired) electrons. The Kier molecular flexibility index (Phi) is 3.09. The van der Waals surface area contributed by atoms with Crippen LogP contribution in [0.25, 0.3) is 0 Å². The van der Waals surface area contributed by atoms with Crippen molar-refractivity contribution in [3.63, 3.8) is 0 Å². The summed E-state index contributed by atoms with van der Waals surface area (Å²) in [5, 5.41) is 9.64. The fraction of sp³-hybridized carbons (Fsp3) is 0.125. The lowest BCUT2D eigenvalue weighted by Crippen LogP contribution is -2.09. The van der Waals surface area contributed by atoms with Gasteiger partial charge in [-0.25, -0.2) is 4.39 Å². The maximum Gasteiger partial charge on any atom is 0.417 e. The third kappa shape index (κ3) is 2.53. The zero-order valence-electron chi connectivity index (χ0n) is 7.10. The molecule has 2 nitrogen and oxygen atoms in total. The molecule has 0 atom stereocenters. The molecule has 0 unspecified atom stereocenters. The largest absolute Gasteiger partial charge is 0.417 e. The van der Waals surface area contributed by atoms with E-state index in [-0.39, 0.29) is 17.4 Å². The number of hydrogen-bond donors (Lipinski definition) is 1. The van der Waals surface area contributed by atoms with Gasteiger partial charge in [0.2, 0.25) is 0 Å². The van der Waals surface area contributed by atoms with Gasteiger partial charge in [-0.05, 0) is 23.9 Å². The van der Waals surface area contributed by atoms with Gasteiger partial charge in [-0.2, -0.15) is 18.4 Å². The van der Waals surface area contributed by atoms with Crippen LogP contribution >= 0.6 is 11.8 Å². The molecule has 0 aliphatic rings. The van der Waals surface area contributed by atoms with Gasteiger partial charge in [0, 0.05) is 5.69 Å². The molecule has 0 bridgehead atoms. The summed E-state index contributed by atoms with van der Waals surface area (Å²) in [6.07, 6.45) is -4.73. The highest BCUT2D eigenvalue weighted by Gasteiger charge is 2.35. The normalized spacial score (nSPS) is 11.1. The number of alkyl halides is 3. The minimum atomic E-state index is -4.73. The van der Waals surface area contributed by atoms with E-state index in [0.717, 1.165) is 6.07 Å². The summed E-state index contributed by atoms with van der Waals surface area (Å²) in [4.78, 5) is -0.751. The van der Waals surface area contributed by atoms with E-state index >= 15 is 0 Å². The molecule has 0 amide bonds. The smallest absolute Gasteiger partial charge is 0.399 e. The second-order valence-corrected chi connectivity index (χ2v) is 3.37. The monoisotopic (exact) mass is 236 g/mol. The number of nitrogens with zero attached hydrogens (tertiary/aromatic N) is 1. The van der Waals surface area contributed by atoms with E-state index in [1.807, 2.05) is 0 Å². The third-order valence-electron chi connectivity index (χ3n) is 1.52. The van der Waals surface area contributed by atoms with E-state index in [1.165, 1.54) is 5.40 Å². The van der Waals surface area contributed by atoms with E-state index in [4.69, 9.17) is 11.0 Å². The average Bonchev–Trinajstić information content (AvgIpc) is 2.07. The molecule has 0 heterocycles. The maximum atomic E-state index is 13.1. The molecule has 0 fully saturated rings. The topological polar surface area (TPSA) is 49.8 Å². The van der Waals surface area contributed by atoms with Gasteiger partial charge in [0.25, 0.3) is 0 Å². The molecule has 15 heavy (non-hydrogen) atoms. The predicted molar refractivity (Wildman–Crippen MR) is 47.3 cm³/mol. The number of rotatable bonds is 1. The van der Waals surface area contributed by atoms with E-state index in [1.54, 1.807) is 0 Å². The number of nitriles is 1. The van der Waals surface area contributed by atoms with Gasteiger partial charge in [0.15, 0.2) is 0 Å². The van der Waals surface area contributed by atoms with Crippen LogP contribution in [0.4, 0.5) is 23.2 Å². The SMILES string of the molecule is N#CSc1c(F)cc(N)cc1C(F)(F)F. The molecule has 7 heteroatoms. The maximum absolute atomic E-state index is 13.1. The van der Waals surface area contributed by atoms with Crippen molar-refractivity contribution >= 4 is 17.4 Å². The Morgan fingerprint density at radius 1 is 1.33 bits per heavy atom. The molecule has 0 spiro atoms. The molecule has 80 valence electrons. The van der Waals surface area contributed by atoms with Gasteiger partial charge in [0.05, 0.1) is 10.5 Å². The number of nitrogens with two attached hydrogens (primary N) is 1. The number of thioether (sulfide) groups is 1. The number of benzene rings is 1. The Labute approximate surface area is 86.7 Å². The standard InChI is InChI=1S/C8H4F4N2S/c9-6-2-4(14)1-5(8(10,11)12)7(6)15-3-13/h1-2H,14H2. The van der Waals surface area contributed by atoms with Crippen molar-refractivity contribution in [3.05, 3.63) is 23.5 Å². The van der Waals surface area contributed by atoms with Crippen LogP contribution in [0.2, 0.25) is 0 Å². The highest BCUT2D eigenvalue weighted by atomic mass is 32.2. The fourth-order valence-corrected chi connectivity index (χ4v) is 1.51. The van der Waals surface area contributed by atoms with E-state index in [9.17, 15) is 17.6 Å². The van der Waals surface area contributed by atoms with Gasteiger partial charge in [0.1, 0.15) is 11.2 Å². The van der Waals surface area contributed by atoms with Crippen molar-refractivity contribution in [2.45, 2.75) is 11.1 Å². The van der Waals surface area contributed by atoms with Gasteiger partial charge < -0.3 is 5.73 Å². The molecular formula is C8H4F4N2S. The van der Waals surface area contributed by atoms with Gasteiger partial charge in [-0.3, -0.25) is 0 Å². The Balaban J connectivity index is 3.41. The second-order valence-electron chi connectivity index (χ2n) is 2.57. The number of nitrogen functional groups attached to an aromatic ring is 1. The Bertz CT molecular complexity index is 422. The van der Waals surface area contributed by atoms with Crippen LogP contribution < -0.4 is 5.73 Å². The van der Waals surface area contributed by atoms with Crippen molar-refractivity contribution in [3.8, 4) is 5.40 Å². The van der Waals surface area contributed by atoms with Gasteiger partial charge in [-0.15, -0.1) is 0 Å². The molecule has 2 N–H and O–H groups in total. The molecule has 0 saturated heterocycles. The van der Waals surface area contributed by atoms with Crippen molar-refractivity contribution in [1.29, 1.82) is 5.26 Å². The summed E-state index contributed by atoms with van der Waals surface area (Å²) in [7, 11) is 0. The first kappa shape index (κ1) is 11.7. The number of anilines is 1. The van der Waals surface area contributed by atoms with Crippen molar-refractivity contribution in [1.82, 2.24) is 0 Å². The summed E-state index contributed by atoms with van der Waals surface area (Å²) >= 11 is 0.119. The number of hydrogen-bond acceptors (Lipinski definition) is 3. The quantitative estimate of drug-likeness (QED) is 0.353. The molecule has 0 aliphatic carbocycles. The minimum Gasteiger partial charge on any atom is -0.399 e. The summed E-state index contributed by atoms with van der Waals surface area (Å²) in [6, 6.07) is 1.34. The molecular weight excluding hydrogens is 232 g/mol. The lowest BCUT2D eigenvalue weighted by molar-refractivity contribution is -0.140. The Morgan fingerprint density at radius 3 is 2.40 bits per heavy atom. The van der Waals surface area contributed by atoms with Crippen LogP contribution in [-0.2, 0) is 6.18 Å². The van der Waals surface area contributed by atoms with E-state index in [0.29, 0.717) is 6.07 Å². The average molecular weight is 236 g/mol. The minimum absolute atomic E-state index is 0.119. The molecule has 1 rings (SSSR count). The van der Waals surface area contributed by atoms with Crippen LogP contribution in [0, 0.1) is 16.5 Å². The van der Waals surface area contributed by atoms with Crippen LogP contribution in [0.5, 0.6) is 0 Å². The summed E-state index contributed by atoms with van der Waals surface area (Å²) < 4.78 is 50.2. The lowest BCUT2D eigenvalue weighted by atomic mass is 10.2. The van der Waals surface area contributed by atoms with Crippen LogP contribution in [0.15, 0.2) is 17.0 Å². The van der Waals surface area contributed by atoms with Crippen LogP contribution in [0.1, 0.15) is 5.56 Å². The Morgan fingerprint density at radius 2 is 1.93 bits per heavy atom. The molecule has 1 aromatic rings.